The Morgan fingerprint density at radius 3 is 2.38 bits per heavy atom. The number of amides is 2. The Hall–Kier alpha value is -1.88. The molecule has 3 rings (SSSR count). The molecule has 2 amide bonds. The van der Waals surface area contributed by atoms with E-state index in [0.717, 1.165) is 31.0 Å². The van der Waals surface area contributed by atoms with Crippen LogP contribution in [0.5, 0.6) is 0 Å². The second kappa shape index (κ2) is 9.17. The summed E-state index contributed by atoms with van der Waals surface area (Å²) in [5, 5.41) is 2.98. The van der Waals surface area contributed by atoms with Crippen LogP contribution in [-0.2, 0) is 9.59 Å². The predicted octanol–water partition coefficient (Wildman–Crippen LogP) is 2.99. The molecule has 1 saturated heterocycles. The summed E-state index contributed by atoms with van der Waals surface area (Å²) >= 11 is 0. The van der Waals surface area contributed by atoms with Gasteiger partial charge in [0.2, 0.25) is 11.8 Å². The van der Waals surface area contributed by atoms with Crippen LogP contribution >= 0.6 is 0 Å². The molecule has 0 radical (unpaired) electrons. The molecule has 1 saturated carbocycles. The van der Waals surface area contributed by atoms with Crippen molar-refractivity contribution in [3.05, 3.63) is 30.3 Å². The molecule has 26 heavy (non-hydrogen) atoms. The van der Waals surface area contributed by atoms with E-state index in [2.05, 4.69) is 17.3 Å². The van der Waals surface area contributed by atoms with Crippen LogP contribution in [0.15, 0.2) is 30.3 Å². The number of likely N-dealkylation sites (tertiary alicyclic amines) is 1. The SMILES string of the molecule is CN(CC(=O)N1CCC(C(=O)Nc2ccccc2)CC1)CC1CCCC1. The number of nitrogens with zero attached hydrogens (tertiary/aromatic N) is 2. The molecule has 142 valence electrons. The van der Waals surface area contributed by atoms with Crippen molar-refractivity contribution in [2.45, 2.75) is 38.5 Å². The summed E-state index contributed by atoms with van der Waals surface area (Å²) in [6, 6.07) is 9.56. The Labute approximate surface area is 156 Å². The second-order valence-electron chi connectivity index (χ2n) is 7.86. The first-order valence-corrected chi connectivity index (χ1v) is 9.94. The maximum Gasteiger partial charge on any atom is 0.236 e. The summed E-state index contributed by atoms with van der Waals surface area (Å²) in [7, 11) is 2.05. The molecule has 0 aromatic heterocycles. The molecule has 1 N–H and O–H groups in total. The minimum atomic E-state index is -0.00419. The van der Waals surface area contributed by atoms with Crippen LogP contribution in [0, 0.1) is 11.8 Å². The fourth-order valence-corrected chi connectivity index (χ4v) is 4.19. The zero-order valence-corrected chi connectivity index (χ0v) is 15.8. The summed E-state index contributed by atoms with van der Waals surface area (Å²) in [4.78, 5) is 29.0. The highest BCUT2D eigenvalue weighted by Gasteiger charge is 2.28. The number of likely N-dealkylation sites (N-methyl/N-ethyl adjacent to an activating group) is 1. The van der Waals surface area contributed by atoms with Crippen molar-refractivity contribution in [2.24, 2.45) is 11.8 Å². The van der Waals surface area contributed by atoms with Gasteiger partial charge in [0.15, 0.2) is 0 Å². The van der Waals surface area contributed by atoms with E-state index in [9.17, 15) is 9.59 Å². The van der Waals surface area contributed by atoms with Crippen molar-refractivity contribution < 1.29 is 9.59 Å². The Bertz CT molecular complexity index is 591. The van der Waals surface area contributed by atoms with Gasteiger partial charge in [-0.3, -0.25) is 14.5 Å². The number of carbonyl (C=O) groups is 2. The molecule has 2 fully saturated rings. The predicted molar refractivity (Wildman–Crippen MR) is 104 cm³/mol. The Morgan fingerprint density at radius 1 is 1.08 bits per heavy atom. The molecule has 0 spiro atoms. The van der Waals surface area contributed by atoms with Gasteiger partial charge < -0.3 is 10.2 Å². The van der Waals surface area contributed by atoms with Crippen molar-refractivity contribution in [2.75, 3.05) is 38.5 Å². The van der Waals surface area contributed by atoms with Crippen LogP contribution in [0.3, 0.4) is 0 Å². The summed E-state index contributed by atoms with van der Waals surface area (Å²) in [6.07, 6.45) is 6.78. The topological polar surface area (TPSA) is 52.7 Å². The van der Waals surface area contributed by atoms with Gasteiger partial charge in [-0.15, -0.1) is 0 Å². The molecular weight excluding hydrogens is 326 g/mol. The van der Waals surface area contributed by atoms with Crippen LogP contribution in [0.4, 0.5) is 5.69 Å². The van der Waals surface area contributed by atoms with Crippen LogP contribution in [-0.4, -0.2) is 54.8 Å². The molecule has 1 aliphatic heterocycles. The van der Waals surface area contributed by atoms with Gasteiger partial charge in [-0.25, -0.2) is 0 Å². The highest BCUT2D eigenvalue weighted by atomic mass is 16.2. The average Bonchev–Trinajstić information content (AvgIpc) is 3.15. The smallest absolute Gasteiger partial charge is 0.236 e. The molecule has 5 heteroatoms. The van der Waals surface area contributed by atoms with Gasteiger partial charge in [-0.2, -0.15) is 0 Å². The van der Waals surface area contributed by atoms with E-state index in [1.54, 1.807) is 0 Å². The fraction of sp³-hybridized carbons (Fsp3) is 0.619. The molecule has 0 atom stereocenters. The van der Waals surface area contributed by atoms with E-state index in [4.69, 9.17) is 0 Å². The van der Waals surface area contributed by atoms with Gasteiger partial charge in [-0.1, -0.05) is 31.0 Å². The van der Waals surface area contributed by atoms with E-state index in [-0.39, 0.29) is 17.7 Å². The maximum absolute atomic E-state index is 12.5. The lowest BCUT2D eigenvalue weighted by Gasteiger charge is -2.32. The number of para-hydroxylation sites is 1. The van der Waals surface area contributed by atoms with E-state index in [0.29, 0.717) is 19.6 Å². The van der Waals surface area contributed by atoms with Crippen molar-refractivity contribution in [1.82, 2.24) is 9.80 Å². The van der Waals surface area contributed by atoms with E-state index in [1.807, 2.05) is 35.2 Å². The first-order valence-electron chi connectivity index (χ1n) is 9.94. The van der Waals surface area contributed by atoms with E-state index < -0.39 is 0 Å². The molecule has 1 aromatic carbocycles. The number of nitrogens with one attached hydrogen (secondary N) is 1. The van der Waals surface area contributed by atoms with Crippen molar-refractivity contribution in [3.8, 4) is 0 Å². The number of piperidine rings is 1. The monoisotopic (exact) mass is 357 g/mol. The van der Waals surface area contributed by atoms with Crippen LogP contribution in [0.2, 0.25) is 0 Å². The zero-order chi connectivity index (χ0) is 18.4. The van der Waals surface area contributed by atoms with Gasteiger partial charge in [0.25, 0.3) is 0 Å². The molecular formula is C21H31N3O2. The van der Waals surface area contributed by atoms with Crippen molar-refractivity contribution >= 4 is 17.5 Å². The number of benzene rings is 1. The van der Waals surface area contributed by atoms with Crippen molar-refractivity contribution in [3.63, 3.8) is 0 Å². The van der Waals surface area contributed by atoms with Gasteiger partial charge in [0.05, 0.1) is 6.54 Å². The third-order valence-corrected chi connectivity index (χ3v) is 5.71. The largest absolute Gasteiger partial charge is 0.342 e. The summed E-state index contributed by atoms with van der Waals surface area (Å²) in [5.74, 6) is 1.03. The van der Waals surface area contributed by atoms with Gasteiger partial charge in [0, 0.05) is 31.2 Å². The number of hydrogen-bond donors (Lipinski definition) is 1. The molecule has 0 bridgehead atoms. The molecule has 1 heterocycles. The summed E-state index contributed by atoms with van der Waals surface area (Å²) in [5.41, 5.74) is 0.838. The number of carbonyl (C=O) groups excluding carboxylic acids is 2. The number of anilines is 1. The minimum Gasteiger partial charge on any atom is -0.342 e. The molecule has 1 aliphatic carbocycles. The van der Waals surface area contributed by atoms with Crippen molar-refractivity contribution in [1.29, 1.82) is 0 Å². The molecule has 5 nitrogen and oxygen atoms in total. The quantitative estimate of drug-likeness (QED) is 0.851. The summed E-state index contributed by atoms with van der Waals surface area (Å²) < 4.78 is 0. The van der Waals surface area contributed by atoms with E-state index >= 15 is 0 Å². The fourth-order valence-electron chi connectivity index (χ4n) is 4.19. The summed E-state index contributed by atoms with van der Waals surface area (Å²) in [6.45, 7) is 2.89. The van der Waals surface area contributed by atoms with Gasteiger partial charge >= 0.3 is 0 Å². The van der Waals surface area contributed by atoms with E-state index in [1.165, 1.54) is 25.7 Å². The standard InChI is InChI=1S/C21H31N3O2/c1-23(15-17-7-5-6-8-17)16-20(25)24-13-11-18(12-14-24)21(26)22-19-9-3-2-4-10-19/h2-4,9-10,17-18H,5-8,11-16H2,1H3,(H,22,26). The Balaban J connectivity index is 1.39. The number of rotatable bonds is 6. The second-order valence-corrected chi connectivity index (χ2v) is 7.86. The van der Waals surface area contributed by atoms with Gasteiger partial charge in [-0.05, 0) is 50.8 Å². The molecule has 1 aromatic rings. The first kappa shape index (κ1) is 18.9. The molecule has 0 unspecified atom stereocenters. The lowest BCUT2D eigenvalue weighted by Crippen LogP contribution is -2.45. The highest BCUT2D eigenvalue weighted by Crippen LogP contribution is 2.25. The molecule has 2 aliphatic rings. The van der Waals surface area contributed by atoms with Gasteiger partial charge in [0.1, 0.15) is 0 Å². The average molecular weight is 357 g/mol. The lowest BCUT2D eigenvalue weighted by atomic mass is 9.95. The third-order valence-electron chi connectivity index (χ3n) is 5.71. The third kappa shape index (κ3) is 5.31. The normalized spacial score (nSPS) is 19.1. The minimum absolute atomic E-state index is 0.00419. The zero-order valence-electron chi connectivity index (χ0n) is 15.8. The van der Waals surface area contributed by atoms with Crippen LogP contribution < -0.4 is 5.32 Å². The highest BCUT2D eigenvalue weighted by molar-refractivity contribution is 5.92. The Morgan fingerprint density at radius 2 is 1.73 bits per heavy atom. The lowest BCUT2D eigenvalue weighted by molar-refractivity contribution is -0.135. The maximum atomic E-state index is 12.5. The first-order chi connectivity index (χ1) is 12.6. The number of hydrogen-bond acceptors (Lipinski definition) is 3. The van der Waals surface area contributed by atoms with Crippen LogP contribution in [0.25, 0.3) is 0 Å². The Kier molecular flexibility index (Phi) is 6.67. The van der Waals surface area contributed by atoms with Crippen LogP contribution in [0.1, 0.15) is 38.5 Å².